The molecule has 6 nitrogen and oxygen atoms in total. The number of piperidine rings is 1. The molecular formula is C24H28N2O4. The van der Waals surface area contributed by atoms with Gasteiger partial charge in [0.25, 0.3) is 11.8 Å². The third-order valence-electron chi connectivity index (χ3n) is 5.30. The molecule has 0 bridgehead atoms. The van der Waals surface area contributed by atoms with Gasteiger partial charge in [0.2, 0.25) is 0 Å². The number of amides is 2. The van der Waals surface area contributed by atoms with E-state index in [0.717, 1.165) is 0 Å². The summed E-state index contributed by atoms with van der Waals surface area (Å²) in [6, 6.07) is 14.3. The van der Waals surface area contributed by atoms with E-state index in [-0.39, 0.29) is 17.9 Å². The normalized spacial score (nSPS) is 14.5. The monoisotopic (exact) mass is 408 g/mol. The van der Waals surface area contributed by atoms with E-state index < -0.39 is 5.97 Å². The van der Waals surface area contributed by atoms with Crippen LogP contribution in [0.5, 0.6) is 5.75 Å². The molecule has 0 saturated carbocycles. The van der Waals surface area contributed by atoms with Gasteiger partial charge in [0.1, 0.15) is 5.75 Å². The second-order valence-electron chi connectivity index (χ2n) is 7.94. The van der Waals surface area contributed by atoms with Gasteiger partial charge in [0, 0.05) is 37.2 Å². The van der Waals surface area contributed by atoms with Crippen molar-refractivity contribution in [2.24, 2.45) is 0 Å². The Balaban J connectivity index is 1.53. The average molecular weight is 408 g/mol. The summed E-state index contributed by atoms with van der Waals surface area (Å²) in [5.41, 5.74) is 2.35. The van der Waals surface area contributed by atoms with Crippen molar-refractivity contribution in [3.05, 3.63) is 65.2 Å². The summed E-state index contributed by atoms with van der Waals surface area (Å²) in [5.74, 6) is 0.174. The molecule has 1 fully saturated rings. The Hall–Kier alpha value is -3.15. The molecule has 1 heterocycles. The zero-order valence-corrected chi connectivity index (χ0v) is 17.7. The lowest BCUT2D eigenvalue weighted by atomic mass is 10.00. The summed E-state index contributed by atoms with van der Waals surface area (Å²) in [7, 11) is 0. The molecule has 1 aliphatic rings. The maximum atomic E-state index is 12.8. The van der Waals surface area contributed by atoms with E-state index in [9.17, 15) is 14.4 Å². The summed E-state index contributed by atoms with van der Waals surface area (Å²) in [5, 5.41) is 3.02. The van der Waals surface area contributed by atoms with E-state index in [1.165, 1.54) is 12.5 Å². The lowest BCUT2D eigenvalue weighted by molar-refractivity contribution is -0.131. The molecule has 30 heavy (non-hydrogen) atoms. The average Bonchev–Trinajstić information content (AvgIpc) is 2.73. The van der Waals surface area contributed by atoms with Gasteiger partial charge >= 0.3 is 5.97 Å². The second kappa shape index (κ2) is 9.57. The summed E-state index contributed by atoms with van der Waals surface area (Å²) >= 11 is 0. The first-order valence-electron chi connectivity index (χ1n) is 10.3. The van der Waals surface area contributed by atoms with Crippen LogP contribution in [0.15, 0.2) is 48.5 Å². The minimum Gasteiger partial charge on any atom is -0.427 e. The first kappa shape index (κ1) is 21.6. The number of nitrogens with one attached hydrogen (secondary N) is 1. The van der Waals surface area contributed by atoms with Crippen LogP contribution >= 0.6 is 0 Å². The molecule has 2 aromatic rings. The van der Waals surface area contributed by atoms with Crippen LogP contribution in [0.1, 0.15) is 65.8 Å². The highest BCUT2D eigenvalue weighted by atomic mass is 16.5. The van der Waals surface area contributed by atoms with E-state index >= 15 is 0 Å². The number of carbonyl (C=O) groups is 3. The highest BCUT2D eigenvalue weighted by Crippen LogP contribution is 2.19. The minimum atomic E-state index is -0.427. The molecule has 2 amide bonds. The molecule has 158 valence electrons. The second-order valence-corrected chi connectivity index (χ2v) is 7.94. The number of benzene rings is 2. The van der Waals surface area contributed by atoms with Gasteiger partial charge in [-0.2, -0.15) is 0 Å². The van der Waals surface area contributed by atoms with Crippen LogP contribution in [0.2, 0.25) is 0 Å². The maximum absolute atomic E-state index is 12.8. The summed E-state index contributed by atoms with van der Waals surface area (Å²) < 4.78 is 5.03. The predicted octanol–water partition coefficient (Wildman–Crippen LogP) is 3.77. The Kier molecular flexibility index (Phi) is 6.87. The fourth-order valence-corrected chi connectivity index (χ4v) is 3.56. The molecule has 0 radical (unpaired) electrons. The van der Waals surface area contributed by atoms with Crippen molar-refractivity contribution in [2.75, 3.05) is 13.1 Å². The number of hydrogen-bond donors (Lipinski definition) is 1. The Morgan fingerprint density at radius 3 is 2.27 bits per heavy atom. The Labute approximate surface area is 177 Å². The van der Waals surface area contributed by atoms with Gasteiger partial charge in [-0.3, -0.25) is 14.4 Å². The topological polar surface area (TPSA) is 75.7 Å². The maximum Gasteiger partial charge on any atom is 0.308 e. The van der Waals surface area contributed by atoms with Crippen LogP contribution in [0.3, 0.4) is 0 Å². The number of carbonyl (C=O) groups excluding carboxylic acids is 3. The SMILES string of the molecule is CC(=O)Oc1cccc(C(=O)NC2CCN(C(=O)c3ccc(C(C)C)cc3)CC2)c1. The van der Waals surface area contributed by atoms with Crippen LogP contribution in [0.4, 0.5) is 0 Å². The van der Waals surface area contributed by atoms with E-state index in [1.807, 2.05) is 29.2 Å². The predicted molar refractivity (Wildman–Crippen MR) is 115 cm³/mol. The van der Waals surface area contributed by atoms with Gasteiger partial charge in [-0.05, 0) is 54.7 Å². The molecule has 0 atom stereocenters. The standard InChI is InChI=1S/C24H28N2O4/c1-16(2)18-7-9-19(10-8-18)24(29)26-13-11-21(12-14-26)25-23(28)20-5-4-6-22(15-20)30-17(3)27/h4-10,15-16,21H,11-14H2,1-3H3,(H,25,28). The smallest absolute Gasteiger partial charge is 0.308 e. The van der Waals surface area contributed by atoms with Gasteiger partial charge in [-0.15, -0.1) is 0 Å². The highest BCUT2D eigenvalue weighted by Gasteiger charge is 2.25. The Morgan fingerprint density at radius 2 is 1.67 bits per heavy atom. The van der Waals surface area contributed by atoms with Gasteiger partial charge in [-0.25, -0.2) is 0 Å². The number of hydrogen-bond acceptors (Lipinski definition) is 4. The van der Waals surface area contributed by atoms with Crippen molar-refractivity contribution in [3.8, 4) is 5.75 Å². The third-order valence-corrected chi connectivity index (χ3v) is 5.30. The molecule has 0 unspecified atom stereocenters. The van der Waals surface area contributed by atoms with Crippen LogP contribution in [0.25, 0.3) is 0 Å². The van der Waals surface area contributed by atoms with Crippen LogP contribution in [-0.4, -0.2) is 41.8 Å². The van der Waals surface area contributed by atoms with Crippen molar-refractivity contribution >= 4 is 17.8 Å². The van der Waals surface area contributed by atoms with Gasteiger partial charge in [0.15, 0.2) is 0 Å². The molecule has 1 aliphatic heterocycles. The number of nitrogens with zero attached hydrogens (tertiary/aromatic N) is 1. The molecule has 2 aromatic carbocycles. The largest absolute Gasteiger partial charge is 0.427 e. The molecule has 0 aromatic heterocycles. The summed E-state index contributed by atoms with van der Waals surface area (Å²) in [6.07, 6.45) is 1.40. The van der Waals surface area contributed by atoms with Crippen LogP contribution in [0, 0.1) is 0 Å². The Morgan fingerprint density at radius 1 is 1.00 bits per heavy atom. The van der Waals surface area contributed by atoms with Gasteiger partial charge < -0.3 is 15.0 Å². The van der Waals surface area contributed by atoms with E-state index in [4.69, 9.17) is 4.74 Å². The molecular weight excluding hydrogens is 380 g/mol. The molecule has 0 spiro atoms. The fourth-order valence-electron chi connectivity index (χ4n) is 3.56. The van der Waals surface area contributed by atoms with Crippen LogP contribution < -0.4 is 10.1 Å². The number of ether oxygens (including phenoxy) is 1. The molecule has 1 saturated heterocycles. The number of esters is 1. The minimum absolute atomic E-state index is 0.00208. The van der Waals surface area contributed by atoms with E-state index in [1.54, 1.807) is 24.3 Å². The van der Waals surface area contributed by atoms with Crippen molar-refractivity contribution in [1.82, 2.24) is 10.2 Å². The van der Waals surface area contributed by atoms with Crippen LogP contribution in [-0.2, 0) is 4.79 Å². The quantitative estimate of drug-likeness (QED) is 0.604. The molecule has 0 aliphatic carbocycles. The first-order chi connectivity index (χ1) is 14.3. The van der Waals surface area contributed by atoms with Gasteiger partial charge in [-0.1, -0.05) is 32.0 Å². The van der Waals surface area contributed by atoms with Crippen molar-refractivity contribution < 1.29 is 19.1 Å². The zero-order valence-electron chi connectivity index (χ0n) is 17.7. The van der Waals surface area contributed by atoms with Crippen molar-refractivity contribution in [3.63, 3.8) is 0 Å². The molecule has 3 rings (SSSR count). The Bertz CT molecular complexity index is 913. The number of rotatable bonds is 5. The lowest BCUT2D eigenvalue weighted by Crippen LogP contribution is -2.46. The lowest BCUT2D eigenvalue weighted by Gasteiger charge is -2.32. The molecule has 1 N–H and O–H groups in total. The van der Waals surface area contributed by atoms with E-state index in [2.05, 4.69) is 19.2 Å². The summed E-state index contributed by atoms with van der Waals surface area (Å²) in [6.45, 7) is 6.78. The fraction of sp³-hybridized carbons (Fsp3) is 0.375. The first-order valence-corrected chi connectivity index (χ1v) is 10.3. The van der Waals surface area contributed by atoms with Gasteiger partial charge in [0.05, 0.1) is 0 Å². The van der Waals surface area contributed by atoms with Crippen molar-refractivity contribution in [1.29, 1.82) is 0 Å². The van der Waals surface area contributed by atoms with Crippen molar-refractivity contribution in [2.45, 2.75) is 45.6 Å². The highest BCUT2D eigenvalue weighted by molar-refractivity contribution is 5.95. The zero-order chi connectivity index (χ0) is 21.7. The summed E-state index contributed by atoms with van der Waals surface area (Å²) in [4.78, 5) is 38.2. The number of likely N-dealkylation sites (tertiary alicyclic amines) is 1. The molecule has 6 heteroatoms. The van der Waals surface area contributed by atoms with E-state index in [0.29, 0.717) is 48.7 Å². The third kappa shape index (κ3) is 5.47.